The van der Waals surface area contributed by atoms with Gasteiger partial charge in [0.25, 0.3) is 0 Å². The quantitative estimate of drug-likeness (QED) is 0.155. The van der Waals surface area contributed by atoms with E-state index in [0.717, 1.165) is 67.8 Å². The number of hydrogen-bond acceptors (Lipinski definition) is 3. The molecule has 2 aromatic heterocycles. The molecule has 0 unspecified atom stereocenters. The minimum Gasteiger partial charge on any atom is -0.310 e. The Morgan fingerprint density at radius 1 is 0.483 bits per heavy atom. The third kappa shape index (κ3) is 6.22. The fraction of sp³-hybridized carbons (Fsp3) is 0.0370. The monoisotopic (exact) mass is 744 g/mol. The van der Waals surface area contributed by atoms with Gasteiger partial charge < -0.3 is 9.47 Å². The molecule has 0 aliphatic rings. The molecule has 4 heteroatoms. The summed E-state index contributed by atoms with van der Waals surface area (Å²) in [5.74, 6) is 0. The number of benzene rings is 8. The minimum absolute atomic E-state index is 0.847. The first-order valence-electron chi connectivity index (χ1n) is 19.8. The summed E-state index contributed by atoms with van der Waals surface area (Å²) in [7, 11) is 0. The molecule has 58 heavy (non-hydrogen) atoms. The van der Waals surface area contributed by atoms with E-state index in [1.54, 1.807) is 0 Å². The van der Waals surface area contributed by atoms with E-state index < -0.39 is 0 Å². The number of anilines is 3. The number of para-hydroxylation sites is 3. The molecule has 0 aliphatic carbocycles. The summed E-state index contributed by atoms with van der Waals surface area (Å²) in [6.45, 7) is 4.15. The number of aromatic nitrogens is 3. The Morgan fingerprint density at radius 3 is 1.83 bits per heavy atom. The topological polar surface area (TPSA) is 34.0 Å². The molecule has 10 rings (SSSR count). The summed E-state index contributed by atoms with van der Waals surface area (Å²) in [5.41, 5.74) is 14.4. The Kier molecular flexibility index (Phi) is 8.92. The van der Waals surface area contributed by atoms with Gasteiger partial charge in [-0.15, -0.1) is 0 Å². The second kappa shape index (κ2) is 14.8. The molecule has 0 amide bonds. The Labute approximate surface area is 338 Å². The van der Waals surface area contributed by atoms with E-state index in [-0.39, 0.29) is 0 Å². The van der Waals surface area contributed by atoms with Gasteiger partial charge in [-0.1, -0.05) is 140 Å². The largest absolute Gasteiger partial charge is 0.310 e. The van der Waals surface area contributed by atoms with E-state index in [4.69, 9.17) is 9.97 Å². The Morgan fingerprint density at radius 2 is 1.07 bits per heavy atom. The molecule has 2 heterocycles. The highest BCUT2D eigenvalue weighted by Crippen LogP contribution is 2.41. The van der Waals surface area contributed by atoms with Gasteiger partial charge in [0.05, 0.1) is 33.8 Å². The number of fused-ring (bicyclic) bond motifs is 4. The fourth-order valence-corrected chi connectivity index (χ4v) is 8.32. The van der Waals surface area contributed by atoms with E-state index in [0.29, 0.717) is 0 Å². The van der Waals surface area contributed by atoms with Crippen molar-refractivity contribution in [2.75, 3.05) is 4.90 Å². The van der Waals surface area contributed by atoms with Crippen LogP contribution < -0.4 is 4.90 Å². The Balaban J connectivity index is 1.10. The van der Waals surface area contributed by atoms with Crippen molar-refractivity contribution in [3.63, 3.8) is 0 Å². The highest BCUT2D eigenvalue weighted by atomic mass is 15.1. The van der Waals surface area contributed by atoms with Crippen molar-refractivity contribution in [3.8, 4) is 28.2 Å². The average molecular weight is 745 g/mol. The van der Waals surface area contributed by atoms with E-state index in [9.17, 15) is 0 Å². The van der Waals surface area contributed by atoms with Crippen molar-refractivity contribution >= 4 is 55.2 Å². The van der Waals surface area contributed by atoms with Gasteiger partial charge in [0.1, 0.15) is 0 Å². The third-order valence-electron chi connectivity index (χ3n) is 11.1. The molecule has 8 aromatic carbocycles. The van der Waals surface area contributed by atoms with Gasteiger partial charge in [-0.2, -0.15) is 0 Å². The second-order valence-electron chi connectivity index (χ2n) is 14.6. The lowest BCUT2D eigenvalue weighted by Crippen LogP contribution is -2.10. The van der Waals surface area contributed by atoms with Gasteiger partial charge in [0.15, 0.2) is 0 Å². The predicted octanol–water partition coefficient (Wildman–Crippen LogP) is 14.3. The second-order valence-corrected chi connectivity index (χ2v) is 14.6. The van der Waals surface area contributed by atoms with Gasteiger partial charge in [0.2, 0.25) is 0 Å². The molecular weight excluding hydrogens is 705 g/mol. The lowest BCUT2D eigenvalue weighted by molar-refractivity contribution is 1.10. The normalized spacial score (nSPS) is 11.7. The molecule has 0 saturated carbocycles. The van der Waals surface area contributed by atoms with Crippen molar-refractivity contribution in [1.29, 1.82) is 0 Å². The number of hydrogen-bond donors (Lipinski definition) is 0. The molecule has 4 nitrogen and oxygen atoms in total. The van der Waals surface area contributed by atoms with E-state index in [1.165, 1.54) is 32.6 Å². The van der Waals surface area contributed by atoms with E-state index in [2.05, 4.69) is 224 Å². The molecule has 0 radical (unpaired) electrons. The van der Waals surface area contributed by atoms with Crippen molar-refractivity contribution in [2.24, 2.45) is 0 Å². The lowest BCUT2D eigenvalue weighted by Gasteiger charge is -2.26. The van der Waals surface area contributed by atoms with E-state index in [1.807, 2.05) is 6.07 Å². The SMILES string of the molecule is C/C=C(/c1ccc2ccccc2c1)c1nc(-c2ccc(N(c3ccccc3)c3ccc4c(c3)c3ccccc3n4-c3ccccc3)cc2)c(-c2ccccc2)nc1C. The molecular formula is C54H40N4. The van der Waals surface area contributed by atoms with Gasteiger partial charge in [0, 0.05) is 50.2 Å². The maximum atomic E-state index is 5.48. The highest BCUT2D eigenvalue weighted by Gasteiger charge is 2.21. The number of nitrogens with zero attached hydrogens (tertiary/aromatic N) is 4. The van der Waals surface area contributed by atoms with Crippen LogP contribution in [0.3, 0.4) is 0 Å². The first-order valence-corrected chi connectivity index (χ1v) is 19.8. The number of aryl methyl sites for hydroxylation is 1. The highest BCUT2D eigenvalue weighted by molar-refractivity contribution is 6.10. The molecule has 0 bridgehead atoms. The lowest BCUT2D eigenvalue weighted by atomic mass is 9.96. The summed E-state index contributed by atoms with van der Waals surface area (Å²) in [6.07, 6.45) is 2.15. The maximum Gasteiger partial charge on any atom is 0.0973 e. The summed E-state index contributed by atoms with van der Waals surface area (Å²) in [4.78, 5) is 13.1. The van der Waals surface area contributed by atoms with Gasteiger partial charge >= 0.3 is 0 Å². The first kappa shape index (κ1) is 34.9. The zero-order chi connectivity index (χ0) is 39.0. The zero-order valence-electron chi connectivity index (χ0n) is 32.4. The molecule has 0 spiro atoms. The molecule has 0 fully saturated rings. The summed E-state index contributed by atoms with van der Waals surface area (Å²) >= 11 is 0. The molecule has 0 saturated heterocycles. The van der Waals surface area contributed by atoms with Crippen LogP contribution >= 0.6 is 0 Å². The Hall–Kier alpha value is -7.56. The van der Waals surface area contributed by atoms with Crippen molar-refractivity contribution in [2.45, 2.75) is 13.8 Å². The van der Waals surface area contributed by atoms with Crippen molar-refractivity contribution < 1.29 is 0 Å². The van der Waals surface area contributed by atoms with Gasteiger partial charge in [-0.05, 0) is 96.9 Å². The number of rotatable bonds is 8. The molecule has 276 valence electrons. The fourth-order valence-electron chi connectivity index (χ4n) is 8.32. The smallest absolute Gasteiger partial charge is 0.0973 e. The first-order chi connectivity index (χ1) is 28.6. The van der Waals surface area contributed by atoms with Crippen LogP contribution in [0.1, 0.15) is 23.9 Å². The average Bonchev–Trinajstić information content (AvgIpc) is 3.62. The van der Waals surface area contributed by atoms with Crippen LogP contribution in [0.2, 0.25) is 0 Å². The van der Waals surface area contributed by atoms with Crippen LogP contribution in [0, 0.1) is 6.92 Å². The summed E-state index contributed by atoms with van der Waals surface area (Å²) in [5, 5.41) is 4.84. The maximum absolute atomic E-state index is 5.48. The van der Waals surface area contributed by atoms with Gasteiger partial charge in [-0.3, -0.25) is 0 Å². The van der Waals surface area contributed by atoms with Crippen LogP contribution in [0.15, 0.2) is 206 Å². The molecule has 10 aromatic rings. The van der Waals surface area contributed by atoms with Crippen molar-refractivity contribution in [1.82, 2.24) is 14.5 Å². The Bertz CT molecular complexity index is 3110. The predicted molar refractivity (Wildman–Crippen MR) is 243 cm³/mol. The summed E-state index contributed by atoms with van der Waals surface area (Å²) in [6, 6.07) is 71.0. The number of allylic oxidation sites excluding steroid dienone is 1. The van der Waals surface area contributed by atoms with Gasteiger partial charge in [-0.25, -0.2) is 9.97 Å². The third-order valence-corrected chi connectivity index (χ3v) is 11.1. The van der Waals surface area contributed by atoms with Crippen LogP contribution in [0.4, 0.5) is 17.1 Å². The molecule has 0 atom stereocenters. The molecule has 0 N–H and O–H groups in total. The summed E-state index contributed by atoms with van der Waals surface area (Å²) < 4.78 is 2.36. The zero-order valence-corrected chi connectivity index (χ0v) is 32.4. The molecule has 0 aliphatic heterocycles. The van der Waals surface area contributed by atoms with Crippen LogP contribution in [-0.2, 0) is 0 Å². The van der Waals surface area contributed by atoms with E-state index >= 15 is 0 Å². The van der Waals surface area contributed by atoms with Crippen LogP contribution in [0.25, 0.3) is 66.4 Å². The van der Waals surface area contributed by atoms with Crippen LogP contribution in [-0.4, -0.2) is 14.5 Å². The minimum atomic E-state index is 0.847. The standard InChI is InChI=1S/C54H40N4/c1-3-47(42-28-27-38-17-13-14-20-41(38)35-42)52-37(2)55-53(39-18-7-4-8-19-39)54(56-52)40-29-31-45(32-30-40)57(43-21-9-5-10-22-43)46-33-34-51-49(36-46)48-25-15-16-26-50(48)58(51)44-23-11-6-12-24-44/h3-36H,1-2H3/b47-3-. The van der Waals surface area contributed by atoms with Crippen molar-refractivity contribution in [3.05, 3.63) is 223 Å². The van der Waals surface area contributed by atoms with Crippen LogP contribution in [0.5, 0.6) is 0 Å².